The molecule has 168 valence electrons. The SMILES string of the molecule is CCCn1c(=O)[nH]c(=O)n(-c2cc(Cl)c(Sc3c(C)cc([N+](=O)[O-])cc3Cl)c(Cl)c2)c1=O. The third kappa shape index (κ3) is 4.63. The quantitative estimate of drug-likeness (QED) is 0.382. The first-order valence-electron chi connectivity index (χ1n) is 9.13. The summed E-state index contributed by atoms with van der Waals surface area (Å²) in [5.74, 6) is 0. The summed E-state index contributed by atoms with van der Waals surface area (Å²) in [6, 6.07) is 5.33. The first-order chi connectivity index (χ1) is 15.0. The number of halogens is 3. The molecule has 32 heavy (non-hydrogen) atoms. The minimum Gasteiger partial charge on any atom is -0.258 e. The highest BCUT2D eigenvalue weighted by molar-refractivity contribution is 7.99. The van der Waals surface area contributed by atoms with Crippen LogP contribution in [0, 0.1) is 17.0 Å². The standard InChI is InChI=1S/C19H15Cl3N4O5S/c1-3-4-24-17(27)23-18(28)25(19(24)29)10-6-13(21)16(14(22)7-10)32-15-9(2)5-11(26(30)31)8-12(15)20/h5-8H,3-4H2,1-2H3,(H,23,27,28). The van der Waals surface area contributed by atoms with Crippen molar-refractivity contribution in [2.75, 3.05) is 0 Å². The second-order valence-corrected chi connectivity index (χ2v) is 8.92. The summed E-state index contributed by atoms with van der Waals surface area (Å²) in [7, 11) is 0. The molecule has 3 aromatic rings. The Balaban J connectivity index is 2.11. The zero-order chi connectivity index (χ0) is 23.7. The second-order valence-electron chi connectivity index (χ2n) is 6.68. The van der Waals surface area contributed by atoms with Crippen molar-refractivity contribution in [1.82, 2.24) is 14.1 Å². The van der Waals surface area contributed by atoms with Crippen LogP contribution in [0.25, 0.3) is 5.69 Å². The van der Waals surface area contributed by atoms with Gasteiger partial charge in [-0.25, -0.2) is 23.5 Å². The van der Waals surface area contributed by atoms with E-state index in [0.717, 1.165) is 20.9 Å². The van der Waals surface area contributed by atoms with E-state index >= 15 is 0 Å². The molecule has 9 nitrogen and oxygen atoms in total. The van der Waals surface area contributed by atoms with Crippen LogP contribution in [0.15, 0.2) is 48.4 Å². The molecule has 0 spiro atoms. The highest BCUT2D eigenvalue weighted by Crippen LogP contribution is 2.44. The molecule has 3 rings (SSSR count). The second kappa shape index (κ2) is 9.53. The summed E-state index contributed by atoms with van der Waals surface area (Å²) in [5.41, 5.74) is -2.07. The summed E-state index contributed by atoms with van der Waals surface area (Å²) in [6.07, 6.45) is 0.508. The van der Waals surface area contributed by atoms with E-state index in [-0.39, 0.29) is 33.0 Å². The molecule has 2 aromatic carbocycles. The average molecular weight is 518 g/mol. The van der Waals surface area contributed by atoms with Crippen LogP contribution in [0.2, 0.25) is 15.1 Å². The molecule has 1 heterocycles. The smallest absolute Gasteiger partial charge is 0.258 e. The fraction of sp³-hybridized carbons (Fsp3) is 0.211. The number of nitrogens with one attached hydrogen (secondary N) is 1. The van der Waals surface area contributed by atoms with E-state index in [1.807, 2.05) is 0 Å². The predicted octanol–water partition coefficient (Wildman–Crippen LogP) is 4.43. The Morgan fingerprint density at radius 3 is 2.12 bits per heavy atom. The van der Waals surface area contributed by atoms with Crippen molar-refractivity contribution >= 4 is 52.3 Å². The van der Waals surface area contributed by atoms with Gasteiger partial charge < -0.3 is 0 Å². The van der Waals surface area contributed by atoms with E-state index < -0.39 is 22.0 Å². The van der Waals surface area contributed by atoms with E-state index in [9.17, 15) is 24.5 Å². The number of rotatable bonds is 6. The third-order valence-corrected chi connectivity index (χ3v) is 7.02. The number of nitro groups is 1. The lowest BCUT2D eigenvalue weighted by molar-refractivity contribution is -0.384. The number of nitro benzene ring substituents is 1. The van der Waals surface area contributed by atoms with Crippen LogP contribution in [0.4, 0.5) is 5.69 Å². The summed E-state index contributed by atoms with van der Waals surface area (Å²) < 4.78 is 1.68. The van der Waals surface area contributed by atoms with Crippen molar-refractivity contribution in [3.63, 3.8) is 0 Å². The fourth-order valence-corrected chi connectivity index (χ4v) is 4.96. The van der Waals surface area contributed by atoms with Crippen LogP contribution in [0.5, 0.6) is 0 Å². The van der Waals surface area contributed by atoms with Gasteiger partial charge >= 0.3 is 17.1 Å². The molecule has 0 aliphatic heterocycles. The molecule has 0 atom stereocenters. The summed E-state index contributed by atoms with van der Waals surface area (Å²) in [6.45, 7) is 3.57. The van der Waals surface area contributed by atoms with Crippen molar-refractivity contribution in [1.29, 1.82) is 0 Å². The van der Waals surface area contributed by atoms with Crippen molar-refractivity contribution in [2.45, 2.75) is 36.6 Å². The lowest BCUT2D eigenvalue weighted by Crippen LogP contribution is -2.48. The zero-order valence-electron chi connectivity index (χ0n) is 16.6. The number of aromatic amines is 1. The average Bonchev–Trinajstić information content (AvgIpc) is 2.69. The van der Waals surface area contributed by atoms with Gasteiger partial charge in [0.15, 0.2) is 0 Å². The molecule has 0 bridgehead atoms. The molecule has 1 N–H and O–H groups in total. The van der Waals surface area contributed by atoms with Crippen molar-refractivity contribution < 1.29 is 4.92 Å². The highest BCUT2D eigenvalue weighted by Gasteiger charge is 2.19. The molecule has 0 amide bonds. The van der Waals surface area contributed by atoms with Gasteiger partial charge in [-0.15, -0.1) is 0 Å². The molecule has 13 heteroatoms. The maximum Gasteiger partial charge on any atom is 0.340 e. The maximum atomic E-state index is 12.7. The molecular weight excluding hydrogens is 503 g/mol. The Morgan fingerprint density at radius 2 is 1.59 bits per heavy atom. The van der Waals surface area contributed by atoms with Crippen molar-refractivity contribution in [3.8, 4) is 5.69 Å². The summed E-state index contributed by atoms with van der Waals surface area (Å²) >= 11 is 20.1. The van der Waals surface area contributed by atoms with E-state index in [0.29, 0.717) is 21.8 Å². The summed E-state index contributed by atoms with van der Waals surface area (Å²) in [5, 5.41) is 11.4. The molecule has 0 aliphatic rings. The van der Waals surface area contributed by atoms with Crippen LogP contribution < -0.4 is 17.1 Å². The van der Waals surface area contributed by atoms with Gasteiger partial charge in [-0.05, 0) is 31.0 Å². The number of non-ortho nitro benzene ring substituents is 1. The van der Waals surface area contributed by atoms with Gasteiger partial charge in [0.05, 0.1) is 25.7 Å². The Labute approximate surface area is 199 Å². The largest absolute Gasteiger partial charge is 0.340 e. The number of nitrogens with zero attached hydrogens (tertiary/aromatic N) is 3. The lowest BCUT2D eigenvalue weighted by Gasteiger charge is -2.14. The molecule has 0 saturated heterocycles. The number of benzene rings is 2. The Bertz CT molecular complexity index is 1370. The molecule has 0 radical (unpaired) electrons. The van der Waals surface area contributed by atoms with E-state index in [2.05, 4.69) is 4.98 Å². The lowest BCUT2D eigenvalue weighted by atomic mass is 10.2. The van der Waals surface area contributed by atoms with Crippen molar-refractivity contribution in [3.05, 3.63) is 86.5 Å². The van der Waals surface area contributed by atoms with Gasteiger partial charge in [-0.1, -0.05) is 53.5 Å². The van der Waals surface area contributed by atoms with Gasteiger partial charge in [0.25, 0.3) is 5.69 Å². The fourth-order valence-electron chi connectivity index (χ4n) is 2.98. The van der Waals surface area contributed by atoms with Crippen molar-refractivity contribution in [2.24, 2.45) is 0 Å². The molecule has 0 saturated carbocycles. The van der Waals surface area contributed by atoms with Crippen LogP contribution >= 0.6 is 46.6 Å². The topological polar surface area (TPSA) is 120 Å². The molecule has 0 unspecified atom stereocenters. The number of hydrogen-bond acceptors (Lipinski definition) is 6. The summed E-state index contributed by atoms with van der Waals surface area (Å²) in [4.78, 5) is 50.4. The minimum atomic E-state index is -0.922. The van der Waals surface area contributed by atoms with Crippen LogP contribution in [-0.4, -0.2) is 19.0 Å². The van der Waals surface area contributed by atoms with Crippen LogP contribution in [0.1, 0.15) is 18.9 Å². The molecule has 1 aromatic heterocycles. The van der Waals surface area contributed by atoms with Gasteiger partial charge in [-0.2, -0.15) is 0 Å². The minimum absolute atomic E-state index is 0.0759. The third-order valence-electron chi connectivity index (χ3n) is 4.40. The molecule has 0 fully saturated rings. The normalized spacial score (nSPS) is 11.0. The van der Waals surface area contributed by atoms with Crippen LogP contribution in [0.3, 0.4) is 0 Å². The predicted molar refractivity (Wildman–Crippen MR) is 124 cm³/mol. The highest BCUT2D eigenvalue weighted by atomic mass is 35.5. The first-order valence-corrected chi connectivity index (χ1v) is 11.1. The van der Waals surface area contributed by atoms with Crippen LogP contribution in [-0.2, 0) is 6.54 Å². The number of aryl methyl sites for hydroxylation is 1. The Morgan fingerprint density at radius 1 is 1.00 bits per heavy atom. The maximum absolute atomic E-state index is 12.7. The van der Waals surface area contributed by atoms with Gasteiger partial charge in [0.1, 0.15) is 0 Å². The van der Waals surface area contributed by atoms with Gasteiger partial charge in [0, 0.05) is 28.5 Å². The number of aromatic nitrogens is 3. The first kappa shape index (κ1) is 24.1. The zero-order valence-corrected chi connectivity index (χ0v) is 19.7. The van der Waals surface area contributed by atoms with Gasteiger partial charge in [0.2, 0.25) is 0 Å². The van der Waals surface area contributed by atoms with Gasteiger partial charge in [-0.3, -0.25) is 15.1 Å². The van der Waals surface area contributed by atoms with E-state index in [1.54, 1.807) is 13.8 Å². The Hall–Kier alpha value is -2.53. The molecule has 0 aliphatic carbocycles. The monoisotopic (exact) mass is 516 g/mol. The van der Waals surface area contributed by atoms with E-state index in [1.165, 1.54) is 24.3 Å². The van der Waals surface area contributed by atoms with E-state index in [4.69, 9.17) is 34.8 Å². The number of hydrogen-bond donors (Lipinski definition) is 1. The molecular formula is C19H15Cl3N4O5S. The number of H-pyrrole nitrogens is 1. The Kier molecular flexibility index (Phi) is 7.19.